The summed E-state index contributed by atoms with van der Waals surface area (Å²) < 4.78 is 6.59. The average molecular weight is 407 g/mol. The van der Waals surface area contributed by atoms with Gasteiger partial charge in [0.25, 0.3) is 5.69 Å². The van der Waals surface area contributed by atoms with Crippen molar-refractivity contribution in [2.75, 3.05) is 11.4 Å². The molecule has 1 unspecified atom stereocenters. The number of fused-ring (bicyclic) bond motifs is 2. The van der Waals surface area contributed by atoms with Crippen molar-refractivity contribution in [2.24, 2.45) is 0 Å². The van der Waals surface area contributed by atoms with E-state index in [9.17, 15) is 20.0 Å². The highest BCUT2D eigenvalue weighted by Crippen LogP contribution is 2.55. The van der Waals surface area contributed by atoms with Crippen molar-refractivity contribution in [2.45, 2.75) is 44.2 Å². The summed E-state index contributed by atoms with van der Waals surface area (Å²) in [6.45, 7) is 4.85. The number of benzene rings is 2. The Hall–Kier alpha value is -3.35. The third-order valence-electron chi connectivity index (χ3n) is 6.14. The van der Waals surface area contributed by atoms with E-state index in [0.29, 0.717) is 30.7 Å². The lowest BCUT2D eigenvalue weighted by atomic mass is 9.76. The highest BCUT2D eigenvalue weighted by molar-refractivity contribution is 5.73. The van der Waals surface area contributed by atoms with Crippen LogP contribution < -0.4 is 14.7 Å². The van der Waals surface area contributed by atoms with Crippen LogP contribution in [-0.4, -0.2) is 23.2 Å². The smallest absolute Gasteiger partial charge is 0.270 e. The first-order valence-corrected chi connectivity index (χ1v) is 10.00. The first kappa shape index (κ1) is 19.9. The first-order valence-electron chi connectivity index (χ1n) is 10.00. The molecule has 0 aromatic heterocycles. The number of carbonyl (C=O) groups excluding carboxylic acids is 1. The maximum absolute atomic E-state index is 11.1. The van der Waals surface area contributed by atoms with E-state index in [4.69, 9.17) is 4.74 Å². The lowest BCUT2D eigenvalue weighted by molar-refractivity contribution is -0.384. The zero-order valence-corrected chi connectivity index (χ0v) is 17.0. The predicted molar refractivity (Wildman–Crippen MR) is 111 cm³/mol. The van der Waals surface area contributed by atoms with E-state index in [2.05, 4.69) is 24.8 Å². The maximum Gasteiger partial charge on any atom is 0.270 e. The zero-order valence-electron chi connectivity index (χ0n) is 17.0. The molecular formula is C23H23N2O5-. The van der Waals surface area contributed by atoms with Gasteiger partial charge in [-0.3, -0.25) is 10.1 Å². The molecule has 2 aromatic rings. The predicted octanol–water partition coefficient (Wildman–Crippen LogP) is 3.41. The molecular weight excluding hydrogens is 384 g/mol. The molecule has 7 heteroatoms. The van der Waals surface area contributed by atoms with Crippen LogP contribution in [0.3, 0.4) is 0 Å². The van der Waals surface area contributed by atoms with Gasteiger partial charge in [0, 0.05) is 35.9 Å². The van der Waals surface area contributed by atoms with Gasteiger partial charge in [0.15, 0.2) is 0 Å². The molecule has 2 aliphatic heterocycles. The first-order chi connectivity index (χ1) is 14.3. The Morgan fingerprint density at radius 1 is 1.17 bits per heavy atom. The highest BCUT2D eigenvalue weighted by Gasteiger charge is 2.58. The molecule has 1 atom stereocenters. The fourth-order valence-electron chi connectivity index (χ4n) is 4.53. The van der Waals surface area contributed by atoms with Gasteiger partial charge >= 0.3 is 0 Å². The Morgan fingerprint density at radius 3 is 2.67 bits per heavy atom. The van der Waals surface area contributed by atoms with Crippen LogP contribution in [0.2, 0.25) is 0 Å². The summed E-state index contributed by atoms with van der Waals surface area (Å²) in [6, 6.07) is 12.7. The van der Waals surface area contributed by atoms with Crippen LogP contribution in [0.15, 0.2) is 48.5 Å². The number of nitrogens with zero attached hydrogens (tertiary/aromatic N) is 2. The molecule has 0 saturated heterocycles. The van der Waals surface area contributed by atoms with Crippen molar-refractivity contribution >= 4 is 23.4 Å². The van der Waals surface area contributed by atoms with Crippen molar-refractivity contribution in [1.29, 1.82) is 0 Å². The fourth-order valence-corrected chi connectivity index (χ4v) is 4.53. The number of non-ortho nitro benzene ring substituents is 1. The minimum absolute atomic E-state index is 0.0195. The van der Waals surface area contributed by atoms with Crippen molar-refractivity contribution in [3.8, 4) is 5.75 Å². The Bertz CT molecular complexity index is 1050. The summed E-state index contributed by atoms with van der Waals surface area (Å²) >= 11 is 0. The molecule has 0 saturated carbocycles. The van der Waals surface area contributed by atoms with E-state index in [-0.39, 0.29) is 12.1 Å². The molecule has 0 amide bonds. The lowest BCUT2D eigenvalue weighted by Gasteiger charge is -2.47. The Balaban J connectivity index is 1.73. The Morgan fingerprint density at radius 2 is 1.93 bits per heavy atom. The SMILES string of the molecule is CC1(C)c2ccccc2N(CCCCC(=O)[O-])C12C=Cc1cc([N+](=O)[O-])ccc1O2. The van der Waals surface area contributed by atoms with E-state index in [1.165, 1.54) is 12.1 Å². The minimum Gasteiger partial charge on any atom is -0.550 e. The monoisotopic (exact) mass is 407 g/mol. The number of unbranched alkanes of at least 4 members (excludes halogenated alkanes) is 1. The number of nitro benzene ring substituents is 1. The van der Waals surface area contributed by atoms with Gasteiger partial charge < -0.3 is 19.5 Å². The van der Waals surface area contributed by atoms with Crippen LogP contribution in [0.4, 0.5) is 11.4 Å². The molecule has 156 valence electrons. The second-order valence-electron chi connectivity index (χ2n) is 8.23. The fraction of sp³-hybridized carbons (Fsp3) is 0.348. The number of hydrogen-bond donors (Lipinski definition) is 0. The van der Waals surface area contributed by atoms with E-state index < -0.39 is 22.0 Å². The van der Waals surface area contributed by atoms with Crippen molar-refractivity contribution in [1.82, 2.24) is 0 Å². The number of nitro groups is 1. The summed E-state index contributed by atoms with van der Waals surface area (Å²) in [5.41, 5.74) is 1.64. The summed E-state index contributed by atoms with van der Waals surface area (Å²) in [4.78, 5) is 23.7. The minimum atomic E-state index is -1.05. The number of anilines is 1. The number of aliphatic carboxylic acids is 1. The second-order valence-corrected chi connectivity index (χ2v) is 8.23. The second kappa shape index (κ2) is 7.16. The highest BCUT2D eigenvalue weighted by atomic mass is 16.6. The average Bonchev–Trinajstić information content (AvgIpc) is 2.89. The standard InChI is InChI=1S/C23H24N2O5/c1-22(2)18-7-3-4-8-19(18)24(14-6-5-9-21(26)27)23(22)13-12-16-15-17(25(28)29)10-11-20(16)30-23/h3-4,7-8,10-13,15H,5-6,9,14H2,1-2H3,(H,26,27)/p-1. The van der Waals surface area contributed by atoms with Gasteiger partial charge in [0.1, 0.15) is 5.75 Å². The third-order valence-corrected chi connectivity index (χ3v) is 6.14. The number of para-hydroxylation sites is 1. The molecule has 7 nitrogen and oxygen atoms in total. The van der Waals surface area contributed by atoms with Crippen molar-refractivity contribution < 1.29 is 19.6 Å². The quantitative estimate of drug-likeness (QED) is 0.414. The van der Waals surface area contributed by atoms with Crippen LogP contribution in [0.1, 0.15) is 44.2 Å². The van der Waals surface area contributed by atoms with E-state index in [0.717, 1.165) is 11.3 Å². The van der Waals surface area contributed by atoms with Crippen LogP contribution in [-0.2, 0) is 10.2 Å². The van der Waals surface area contributed by atoms with Gasteiger partial charge in [-0.1, -0.05) is 18.2 Å². The van der Waals surface area contributed by atoms with Gasteiger partial charge in [-0.2, -0.15) is 0 Å². The molecule has 2 heterocycles. The number of ether oxygens (including phenoxy) is 1. The number of rotatable bonds is 6. The molecule has 0 fully saturated rings. The molecule has 4 rings (SSSR count). The Labute approximate surface area is 174 Å². The summed E-state index contributed by atoms with van der Waals surface area (Å²) in [5.74, 6) is -0.458. The normalized spacial score (nSPS) is 20.5. The maximum atomic E-state index is 11.1. The zero-order chi connectivity index (χ0) is 21.5. The van der Waals surface area contributed by atoms with Crippen molar-refractivity contribution in [3.05, 3.63) is 69.8 Å². The topological polar surface area (TPSA) is 95.7 Å². The van der Waals surface area contributed by atoms with Crippen LogP contribution in [0.25, 0.3) is 6.08 Å². The van der Waals surface area contributed by atoms with Crippen LogP contribution >= 0.6 is 0 Å². The Kier molecular flexibility index (Phi) is 4.76. The van der Waals surface area contributed by atoms with Gasteiger partial charge in [0.2, 0.25) is 5.72 Å². The molecule has 2 aromatic carbocycles. The van der Waals surface area contributed by atoms with Gasteiger partial charge in [-0.25, -0.2) is 0 Å². The van der Waals surface area contributed by atoms with Gasteiger partial charge in [-0.05, 0) is 63.0 Å². The molecule has 0 radical (unpaired) electrons. The van der Waals surface area contributed by atoms with Crippen molar-refractivity contribution in [3.63, 3.8) is 0 Å². The number of carboxylic acids is 1. The lowest BCUT2D eigenvalue weighted by Crippen LogP contribution is -2.59. The number of carbonyl (C=O) groups is 1. The van der Waals surface area contributed by atoms with E-state index >= 15 is 0 Å². The third kappa shape index (κ3) is 3.01. The van der Waals surface area contributed by atoms with Crippen LogP contribution in [0, 0.1) is 10.1 Å². The summed E-state index contributed by atoms with van der Waals surface area (Å²) in [7, 11) is 0. The summed E-state index contributed by atoms with van der Waals surface area (Å²) in [6.07, 6.45) is 5.06. The van der Waals surface area contributed by atoms with E-state index in [1.54, 1.807) is 6.07 Å². The molecule has 2 aliphatic rings. The largest absolute Gasteiger partial charge is 0.550 e. The number of carboxylic acid groups (broad SMARTS) is 1. The molecule has 1 spiro atoms. The molecule has 0 aliphatic carbocycles. The summed E-state index contributed by atoms with van der Waals surface area (Å²) in [5, 5.41) is 21.9. The molecule has 0 bridgehead atoms. The molecule has 30 heavy (non-hydrogen) atoms. The van der Waals surface area contributed by atoms with E-state index in [1.807, 2.05) is 30.4 Å². The molecule has 0 N–H and O–H groups in total. The van der Waals surface area contributed by atoms with Gasteiger partial charge in [0.05, 0.1) is 10.3 Å². The van der Waals surface area contributed by atoms with Gasteiger partial charge in [-0.15, -0.1) is 0 Å². The number of hydrogen-bond acceptors (Lipinski definition) is 6. The van der Waals surface area contributed by atoms with Crippen LogP contribution in [0.5, 0.6) is 5.75 Å².